The van der Waals surface area contributed by atoms with Crippen molar-refractivity contribution in [1.29, 1.82) is 0 Å². The molecule has 1 aromatic carbocycles. The van der Waals surface area contributed by atoms with E-state index in [2.05, 4.69) is 17.1 Å². The minimum Gasteiger partial charge on any atom is -0.366 e. The fraction of sp³-hybridized carbons (Fsp3) is 0.308. The van der Waals surface area contributed by atoms with Crippen molar-refractivity contribution < 1.29 is 4.79 Å². The molecule has 1 atom stereocenters. The molecule has 2 N–H and O–H groups in total. The summed E-state index contributed by atoms with van der Waals surface area (Å²) in [5.41, 5.74) is 6.89. The number of benzene rings is 1. The molecule has 0 aliphatic carbocycles. The van der Waals surface area contributed by atoms with Crippen molar-refractivity contribution >= 4 is 5.91 Å². The Hall–Kier alpha value is -2.17. The molecule has 1 heterocycles. The third-order valence-electron chi connectivity index (χ3n) is 3.03. The van der Waals surface area contributed by atoms with E-state index >= 15 is 0 Å². The minimum absolute atomic E-state index is 0.257. The lowest BCUT2D eigenvalue weighted by Gasteiger charge is -2.12. The first-order chi connectivity index (χ1) is 8.58. The predicted molar refractivity (Wildman–Crippen MR) is 68.1 cm³/mol. The van der Waals surface area contributed by atoms with Crippen molar-refractivity contribution in [3.05, 3.63) is 47.5 Å². The Morgan fingerprint density at radius 2 is 2.28 bits per heavy atom. The van der Waals surface area contributed by atoms with Gasteiger partial charge in [-0.1, -0.05) is 19.1 Å². The molecule has 0 saturated carbocycles. The quantitative estimate of drug-likeness (QED) is 0.879. The highest BCUT2D eigenvalue weighted by Crippen LogP contribution is 2.20. The summed E-state index contributed by atoms with van der Waals surface area (Å²) >= 11 is 0. The van der Waals surface area contributed by atoms with Crippen LogP contribution in [0.2, 0.25) is 0 Å². The zero-order chi connectivity index (χ0) is 13.1. The fourth-order valence-electron chi connectivity index (χ4n) is 1.88. The second-order valence-corrected chi connectivity index (χ2v) is 4.45. The van der Waals surface area contributed by atoms with Gasteiger partial charge in [0.15, 0.2) is 0 Å². The number of hydrogen-bond donors (Lipinski definition) is 1. The average Bonchev–Trinajstić information content (AvgIpc) is 2.75. The van der Waals surface area contributed by atoms with Crippen LogP contribution in [0.4, 0.5) is 0 Å². The van der Waals surface area contributed by atoms with E-state index in [0.29, 0.717) is 5.56 Å². The first-order valence-corrected chi connectivity index (χ1v) is 5.80. The van der Waals surface area contributed by atoms with Crippen LogP contribution in [-0.2, 0) is 13.5 Å². The van der Waals surface area contributed by atoms with Crippen molar-refractivity contribution in [2.75, 3.05) is 0 Å². The number of carbonyl (C=O) groups is 1. The number of hydrogen-bond acceptors (Lipinski definition) is 3. The summed E-state index contributed by atoms with van der Waals surface area (Å²) in [5, 5.41) is 7.91. The Labute approximate surface area is 106 Å². The van der Waals surface area contributed by atoms with Crippen LogP contribution in [0.3, 0.4) is 0 Å². The van der Waals surface area contributed by atoms with Gasteiger partial charge in [0, 0.05) is 19.0 Å². The zero-order valence-corrected chi connectivity index (χ0v) is 10.5. The molecular formula is C13H16N4O. The van der Waals surface area contributed by atoms with Crippen LogP contribution in [0, 0.1) is 0 Å². The van der Waals surface area contributed by atoms with Crippen molar-refractivity contribution in [1.82, 2.24) is 14.8 Å². The van der Waals surface area contributed by atoms with Crippen LogP contribution in [0.5, 0.6) is 0 Å². The monoisotopic (exact) mass is 244 g/mol. The molecule has 1 aromatic heterocycles. The molecule has 0 bridgehead atoms. The van der Waals surface area contributed by atoms with E-state index in [4.69, 9.17) is 5.73 Å². The molecular weight excluding hydrogens is 228 g/mol. The van der Waals surface area contributed by atoms with Gasteiger partial charge < -0.3 is 10.3 Å². The van der Waals surface area contributed by atoms with E-state index in [9.17, 15) is 4.79 Å². The van der Waals surface area contributed by atoms with Crippen molar-refractivity contribution in [2.24, 2.45) is 12.8 Å². The lowest BCUT2D eigenvalue weighted by atomic mass is 9.95. The van der Waals surface area contributed by atoms with Gasteiger partial charge >= 0.3 is 0 Å². The summed E-state index contributed by atoms with van der Waals surface area (Å²) < 4.78 is 1.90. The van der Waals surface area contributed by atoms with Crippen LogP contribution in [0.25, 0.3) is 0 Å². The van der Waals surface area contributed by atoms with Gasteiger partial charge in [0.2, 0.25) is 5.91 Å². The average molecular weight is 244 g/mol. The Bertz CT molecular complexity index is 562. The first-order valence-electron chi connectivity index (χ1n) is 5.80. The van der Waals surface area contributed by atoms with Crippen molar-refractivity contribution in [2.45, 2.75) is 19.3 Å². The number of nitrogens with two attached hydrogens (primary N) is 1. The Balaban J connectivity index is 2.18. The zero-order valence-electron chi connectivity index (χ0n) is 10.5. The lowest BCUT2D eigenvalue weighted by Crippen LogP contribution is -2.12. The van der Waals surface area contributed by atoms with Crippen LogP contribution in [0.15, 0.2) is 30.6 Å². The molecule has 0 fully saturated rings. The van der Waals surface area contributed by atoms with Crippen LogP contribution >= 0.6 is 0 Å². The summed E-state index contributed by atoms with van der Waals surface area (Å²) in [6.07, 6.45) is 2.46. The highest BCUT2D eigenvalue weighted by atomic mass is 16.1. The molecule has 0 unspecified atom stereocenters. The predicted octanol–water partition coefficient (Wildman–Crippen LogP) is 1.26. The molecule has 5 nitrogen and oxygen atoms in total. The summed E-state index contributed by atoms with van der Waals surface area (Å²) in [6, 6.07) is 7.40. The van der Waals surface area contributed by atoms with E-state index in [-0.39, 0.29) is 5.92 Å². The minimum atomic E-state index is -0.400. The van der Waals surface area contributed by atoms with Gasteiger partial charge in [-0.25, -0.2) is 0 Å². The molecule has 18 heavy (non-hydrogen) atoms. The Morgan fingerprint density at radius 3 is 2.89 bits per heavy atom. The Kier molecular flexibility index (Phi) is 3.41. The second-order valence-electron chi connectivity index (χ2n) is 4.45. The summed E-state index contributed by atoms with van der Waals surface area (Å²) in [6.45, 7) is 2.09. The van der Waals surface area contributed by atoms with E-state index < -0.39 is 5.91 Å². The van der Waals surface area contributed by atoms with E-state index in [1.807, 2.05) is 29.8 Å². The fourth-order valence-corrected chi connectivity index (χ4v) is 1.88. The topological polar surface area (TPSA) is 73.8 Å². The molecule has 94 valence electrons. The number of amides is 1. The molecule has 0 saturated heterocycles. The number of carbonyl (C=O) groups excluding carboxylic acids is 1. The highest BCUT2D eigenvalue weighted by Gasteiger charge is 2.11. The van der Waals surface area contributed by atoms with Crippen molar-refractivity contribution in [3.8, 4) is 0 Å². The SMILES string of the molecule is C[C@H](Cc1nncn1C)c1cccc(C(N)=O)c1. The Morgan fingerprint density at radius 1 is 1.50 bits per heavy atom. The third kappa shape index (κ3) is 2.56. The standard InChI is InChI=1S/C13H16N4O/c1-9(6-12-16-15-8-17(12)2)10-4-3-5-11(7-10)13(14)18/h3-5,7-9H,6H2,1-2H3,(H2,14,18)/t9-/m1/s1. The normalized spacial score (nSPS) is 12.3. The number of primary amides is 1. The van der Waals surface area contributed by atoms with E-state index in [0.717, 1.165) is 17.8 Å². The van der Waals surface area contributed by atoms with Gasteiger partial charge in [0.05, 0.1) is 0 Å². The maximum absolute atomic E-state index is 11.1. The molecule has 2 rings (SSSR count). The maximum Gasteiger partial charge on any atom is 0.248 e. The van der Waals surface area contributed by atoms with Crippen molar-refractivity contribution in [3.63, 3.8) is 0 Å². The third-order valence-corrected chi connectivity index (χ3v) is 3.03. The first kappa shape index (κ1) is 12.3. The smallest absolute Gasteiger partial charge is 0.248 e. The molecule has 0 aliphatic heterocycles. The van der Waals surface area contributed by atoms with E-state index in [1.165, 1.54) is 0 Å². The van der Waals surface area contributed by atoms with E-state index in [1.54, 1.807) is 12.4 Å². The molecule has 2 aromatic rings. The second kappa shape index (κ2) is 5.00. The number of aromatic nitrogens is 3. The molecule has 0 radical (unpaired) electrons. The summed E-state index contributed by atoms with van der Waals surface area (Å²) in [4.78, 5) is 11.1. The molecule has 1 amide bonds. The largest absolute Gasteiger partial charge is 0.366 e. The maximum atomic E-state index is 11.1. The van der Waals surface area contributed by atoms with Crippen LogP contribution in [-0.4, -0.2) is 20.7 Å². The summed E-state index contributed by atoms with van der Waals surface area (Å²) in [7, 11) is 1.92. The number of nitrogens with zero attached hydrogens (tertiary/aromatic N) is 3. The molecule has 5 heteroatoms. The van der Waals surface area contributed by atoms with Gasteiger partial charge in [0.25, 0.3) is 0 Å². The highest BCUT2D eigenvalue weighted by molar-refractivity contribution is 5.92. The molecule has 0 aliphatic rings. The molecule has 0 spiro atoms. The number of rotatable bonds is 4. The van der Waals surface area contributed by atoms with Gasteiger partial charge in [-0.3, -0.25) is 4.79 Å². The van der Waals surface area contributed by atoms with Gasteiger partial charge in [-0.2, -0.15) is 0 Å². The van der Waals surface area contributed by atoms with Crippen LogP contribution in [0.1, 0.15) is 34.6 Å². The van der Waals surface area contributed by atoms with Crippen LogP contribution < -0.4 is 5.73 Å². The number of aryl methyl sites for hydroxylation is 1. The van der Waals surface area contributed by atoms with Gasteiger partial charge in [0.1, 0.15) is 12.2 Å². The van der Waals surface area contributed by atoms with Gasteiger partial charge in [-0.15, -0.1) is 10.2 Å². The van der Waals surface area contributed by atoms with Gasteiger partial charge in [-0.05, 0) is 23.6 Å². The lowest BCUT2D eigenvalue weighted by molar-refractivity contribution is 0.1000. The summed E-state index contributed by atoms with van der Waals surface area (Å²) in [5.74, 6) is 0.780.